The van der Waals surface area contributed by atoms with Gasteiger partial charge in [0.15, 0.2) is 0 Å². The number of aliphatic hydroxyl groups excluding tert-OH is 1. The number of nitrogens with zero attached hydrogens (tertiary/aromatic N) is 4. The Labute approximate surface area is 202 Å². The van der Waals surface area contributed by atoms with Crippen LogP contribution < -0.4 is 16.0 Å². The SMILES string of the molecule is CCc1ccccc1OC1=Nc2c(c(=O)n(CCCO)c(=O)n2C)CC1Cc1ccc(Cl)cn1. The molecule has 8 nitrogen and oxygen atoms in total. The Balaban J connectivity index is 1.81. The summed E-state index contributed by atoms with van der Waals surface area (Å²) in [6, 6.07) is 11.4. The standard InChI is InChI=1S/C25H27ClN4O4/c1-3-16-7-4-5-8-21(16)34-23-17(13-19-10-9-18(26)15-27-19)14-20-22(28-23)29(2)25(33)30(24(20)32)11-6-12-31/h4-5,7-10,15,17,31H,3,6,11-14H2,1-2H3. The molecule has 0 bridgehead atoms. The van der Waals surface area contributed by atoms with Crippen molar-refractivity contribution in [2.75, 3.05) is 6.61 Å². The average molecular weight is 483 g/mol. The van der Waals surface area contributed by atoms with E-state index in [0.29, 0.717) is 47.3 Å². The highest BCUT2D eigenvalue weighted by Crippen LogP contribution is 2.30. The minimum Gasteiger partial charge on any atom is -0.442 e. The number of fused-ring (bicyclic) bond motifs is 1. The lowest BCUT2D eigenvalue weighted by Gasteiger charge is -2.26. The van der Waals surface area contributed by atoms with Crippen molar-refractivity contribution < 1.29 is 9.84 Å². The van der Waals surface area contributed by atoms with Crippen molar-refractivity contribution in [2.45, 2.75) is 39.2 Å². The number of aliphatic hydroxyl groups is 1. The van der Waals surface area contributed by atoms with Gasteiger partial charge < -0.3 is 9.84 Å². The van der Waals surface area contributed by atoms with Gasteiger partial charge in [0.25, 0.3) is 5.56 Å². The first-order valence-corrected chi connectivity index (χ1v) is 11.7. The number of hydrogen-bond acceptors (Lipinski definition) is 6. The number of pyridine rings is 1. The Bertz CT molecular complexity index is 1330. The number of hydrogen-bond donors (Lipinski definition) is 1. The summed E-state index contributed by atoms with van der Waals surface area (Å²) in [5, 5.41) is 9.72. The van der Waals surface area contributed by atoms with Crippen LogP contribution in [0.5, 0.6) is 5.75 Å². The Morgan fingerprint density at radius 2 is 2.00 bits per heavy atom. The molecule has 1 aliphatic heterocycles. The first-order valence-electron chi connectivity index (χ1n) is 11.3. The summed E-state index contributed by atoms with van der Waals surface area (Å²) in [4.78, 5) is 35.2. The van der Waals surface area contributed by atoms with Crippen molar-refractivity contribution in [3.8, 4) is 5.75 Å². The van der Waals surface area contributed by atoms with E-state index in [9.17, 15) is 14.7 Å². The van der Waals surface area contributed by atoms with Crippen LogP contribution >= 0.6 is 11.6 Å². The lowest BCUT2D eigenvalue weighted by Crippen LogP contribution is -2.43. The fourth-order valence-corrected chi connectivity index (χ4v) is 4.26. The zero-order chi connectivity index (χ0) is 24.2. The van der Waals surface area contributed by atoms with Crippen LogP contribution in [0.1, 0.15) is 30.2 Å². The Morgan fingerprint density at radius 1 is 1.21 bits per heavy atom. The van der Waals surface area contributed by atoms with Crippen LogP contribution in [0.25, 0.3) is 0 Å². The predicted molar refractivity (Wildman–Crippen MR) is 131 cm³/mol. The van der Waals surface area contributed by atoms with Crippen LogP contribution in [-0.4, -0.2) is 31.7 Å². The summed E-state index contributed by atoms with van der Waals surface area (Å²) < 4.78 is 8.85. The molecular formula is C25H27ClN4O4. The van der Waals surface area contributed by atoms with Gasteiger partial charge in [0.2, 0.25) is 5.90 Å². The van der Waals surface area contributed by atoms with Gasteiger partial charge in [-0.15, -0.1) is 0 Å². The lowest BCUT2D eigenvalue weighted by atomic mass is 9.92. The highest BCUT2D eigenvalue weighted by atomic mass is 35.5. The Kier molecular flexibility index (Phi) is 7.29. The van der Waals surface area contributed by atoms with Crippen molar-refractivity contribution in [3.05, 3.63) is 85.3 Å². The van der Waals surface area contributed by atoms with Crippen LogP contribution in [0.2, 0.25) is 5.02 Å². The molecular weight excluding hydrogens is 456 g/mol. The normalized spacial score (nSPS) is 15.1. The van der Waals surface area contributed by atoms with Crippen LogP contribution in [0.15, 0.2) is 57.2 Å². The maximum atomic E-state index is 13.2. The van der Waals surface area contributed by atoms with Gasteiger partial charge in [-0.25, -0.2) is 4.79 Å². The predicted octanol–water partition coefficient (Wildman–Crippen LogP) is 3.06. The fourth-order valence-electron chi connectivity index (χ4n) is 4.15. The Hall–Kier alpha value is -3.23. The van der Waals surface area contributed by atoms with E-state index in [2.05, 4.69) is 4.98 Å². The van der Waals surface area contributed by atoms with E-state index in [1.807, 2.05) is 37.3 Å². The molecule has 0 saturated heterocycles. The second-order valence-corrected chi connectivity index (χ2v) is 8.70. The average Bonchev–Trinajstić information content (AvgIpc) is 2.85. The molecule has 3 aromatic rings. The van der Waals surface area contributed by atoms with E-state index in [1.54, 1.807) is 19.3 Å². The molecule has 1 aromatic carbocycles. The Morgan fingerprint density at radius 3 is 2.71 bits per heavy atom. The van der Waals surface area contributed by atoms with Crippen LogP contribution in [0.4, 0.5) is 5.82 Å². The molecule has 1 unspecified atom stereocenters. The molecule has 4 rings (SSSR count). The summed E-state index contributed by atoms with van der Waals surface area (Å²) in [6.07, 6.45) is 3.53. The highest BCUT2D eigenvalue weighted by Gasteiger charge is 2.31. The highest BCUT2D eigenvalue weighted by molar-refractivity contribution is 6.30. The smallest absolute Gasteiger partial charge is 0.332 e. The molecule has 0 fully saturated rings. The molecule has 1 N–H and O–H groups in total. The third-order valence-corrected chi connectivity index (χ3v) is 6.20. The van der Waals surface area contributed by atoms with Gasteiger partial charge >= 0.3 is 5.69 Å². The summed E-state index contributed by atoms with van der Waals surface area (Å²) >= 11 is 6.00. The van der Waals surface area contributed by atoms with E-state index in [-0.39, 0.29) is 24.6 Å². The van der Waals surface area contributed by atoms with Gasteiger partial charge in [0.1, 0.15) is 11.6 Å². The van der Waals surface area contributed by atoms with E-state index in [1.165, 1.54) is 9.13 Å². The first-order chi connectivity index (χ1) is 16.4. The monoisotopic (exact) mass is 482 g/mol. The van der Waals surface area contributed by atoms with E-state index >= 15 is 0 Å². The number of rotatable bonds is 7. The maximum Gasteiger partial charge on any atom is 0.332 e. The van der Waals surface area contributed by atoms with Crippen LogP contribution in [0, 0.1) is 5.92 Å². The maximum absolute atomic E-state index is 13.2. The zero-order valence-corrected chi connectivity index (χ0v) is 20.0. The summed E-state index contributed by atoms with van der Waals surface area (Å²) in [6.45, 7) is 2.09. The third-order valence-electron chi connectivity index (χ3n) is 5.98. The number of halogens is 1. The number of para-hydroxylation sites is 1. The molecule has 3 heterocycles. The molecule has 0 spiro atoms. The van der Waals surface area contributed by atoms with Crippen molar-refractivity contribution >= 4 is 23.3 Å². The third kappa shape index (κ3) is 4.83. The number of aryl methyl sites for hydroxylation is 1. The molecule has 2 aromatic heterocycles. The summed E-state index contributed by atoms with van der Waals surface area (Å²) in [5.74, 6) is 1.18. The van der Waals surface area contributed by atoms with Gasteiger partial charge in [0.05, 0.1) is 10.6 Å². The van der Waals surface area contributed by atoms with Gasteiger partial charge in [-0.05, 0) is 43.0 Å². The quantitative estimate of drug-likeness (QED) is 0.558. The molecule has 1 atom stereocenters. The number of benzene rings is 1. The molecule has 0 aliphatic carbocycles. The molecule has 0 amide bonds. The molecule has 0 saturated carbocycles. The van der Waals surface area contributed by atoms with E-state index < -0.39 is 5.69 Å². The second-order valence-electron chi connectivity index (χ2n) is 8.26. The minimum absolute atomic E-state index is 0.107. The molecule has 0 radical (unpaired) electrons. The zero-order valence-electron chi connectivity index (χ0n) is 19.2. The minimum atomic E-state index is -0.466. The fraction of sp³-hybridized carbons (Fsp3) is 0.360. The van der Waals surface area contributed by atoms with Crippen LogP contribution in [-0.2, 0) is 32.9 Å². The van der Waals surface area contributed by atoms with Crippen molar-refractivity contribution in [2.24, 2.45) is 18.0 Å². The first kappa shape index (κ1) is 23.9. The largest absolute Gasteiger partial charge is 0.442 e. The molecule has 34 heavy (non-hydrogen) atoms. The number of aromatic nitrogens is 3. The van der Waals surface area contributed by atoms with Crippen LogP contribution in [0.3, 0.4) is 0 Å². The molecule has 178 valence electrons. The lowest BCUT2D eigenvalue weighted by molar-refractivity contribution is 0.277. The summed E-state index contributed by atoms with van der Waals surface area (Å²) in [7, 11) is 1.60. The van der Waals surface area contributed by atoms with Gasteiger partial charge in [-0.1, -0.05) is 36.7 Å². The number of ether oxygens (including phenoxy) is 1. The van der Waals surface area contributed by atoms with Gasteiger partial charge in [0, 0.05) is 44.4 Å². The number of aliphatic imine (C=N–C) groups is 1. The van der Waals surface area contributed by atoms with E-state index in [4.69, 9.17) is 21.3 Å². The van der Waals surface area contributed by atoms with Gasteiger partial charge in [-0.2, -0.15) is 4.99 Å². The topological polar surface area (TPSA) is 98.7 Å². The van der Waals surface area contributed by atoms with Gasteiger partial charge in [-0.3, -0.25) is 18.9 Å². The molecule has 9 heteroatoms. The van der Waals surface area contributed by atoms with Crippen molar-refractivity contribution in [3.63, 3.8) is 0 Å². The van der Waals surface area contributed by atoms with Crippen molar-refractivity contribution in [1.82, 2.24) is 14.1 Å². The van der Waals surface area contributed by atoms with Crippen molar-refractivity contribution in [1.29, 1.82) is 0 Å². The summed E-state index contributed by atoms with van der Waals surface area (Å²) in [5.41, 5.74) is 1.44. The van der Waals surface area contributed by atoms with E-state index in [0.717, 1.165) is 17.7 Å². The molecule has 1 aliphatic rings. The second kappa shape index (κ2) is 10.4.